The quantitative estimate of drug-likeness (QED) is 0.850. The fraction of sp³-hybridized carbons (Fsp3) is 0.684. The van der Waals surface area contributed by atoms with Gasteiger partial charge in [0.2, 0.25) is 0 Å². The lowest BCUT2D eigenvalue weighted by atomic mass is 9.89. The van der Waals surface area contributed by atoms with Gasteiger partial charge in [-0.1, -0.05) is 39.0 Å². The number of hydrogen-bond acceptors (Lipinski definition) is 2. The van der Waals surface area contributed by atoms with Crippen LogP contribution < -0.4 is 10.2 Å². The highest BCUT2D eigenvalue weighted by atomic mass is 15.1. The molecule has 0 aromatic heterocycles. The van der Waals surface area contributed by atoms with Crippen molar-refractivity contribution < 1.29 is 0 Å². The maximum atomic E-state index is 3.56. The minimum Gasteiger partial charge on any atom is -0.371 e. The summed E-state index contributed by atoms with van der Waals surface area (Å²) in [7, 11) is 0. The maximum Gasteiger partial charge on any atom is 0.0414 e. The molecule has 1 aromatic carbocycles. The average molecular weight is 288 g/mol. The largest absolute Gasteiger partial charge is 0.371 e. The van der Waals surface area contributed by atoms with E-state index < -0.39 is 0 Å². The van der Waals surface area contributed by atoms with Crippen LogP contribution in [0.25, 0.3) is 0 Å². The Kier molecular flexibility index (Phi) is 6.10. The van der Waals surface area contributed by atoms with Crippen LogP contribution >= 0.6 is 0 Å². The topological polar surface area (TPSA) is 15.3 Å². The van der Waals surface area contributed by atoms with Gasteiger partial charge in [-0.25, -0.2) is 0 Å². The molecule has 0 bridgehead atoms. The van der Waals surface area contributed by atoms with Crippen LogP contribution in [-0.2, 0) is 0 Å². The smallest absolute Gasteiger partial charge is 0.0414 e. The maximum absolute atomic E-state index is 3.56. The van der Waals surface area contributed by atoms with Crippen molar-refractivity contribution in [2.45, 2.75) is 53.0 Å². The van der Waals surface area contributed by atoms with Gasteiger partial charge in [0, 0.05) is 24.8 Å². The predicted octanol–water partition coefficient (Wildman–Crippen LogP) is 4.62. The molecule has 2 heteroatoms. The van der Waals surface area contributed by atoms with E-state index in [2.05, 4.69) is 62.2 Å². The van der Waals surface area contributed by atoms with Crippen LogP contribution in [0.5, 0.6) is 0 Å². The van der Waals surface area contributed by atoms with Crippen LogP contribution in [0.2, 0.25) is 0 Å². The van der Waals surface area contributed by atoms with Gasteiger partial charge >= 0.3 is 0 Å². The van der Waals surface area contributed by atoms with Gasteiger partial charge in [0.15, 0.2) is 0 Å². The molecule has 1 aromatic rings. The normalized spacial score (nSPS) is 21.4. The Morgan fingerprint density at radius 1 is 1.14 bits per heavy atom. The summed E-state index contributed by atoms with van der Waals surface area (Å²) in [5.74, 6) is 1.72. The van der Waals surface area contributed by atoms with Gasteiger partial charge in [-0.05, 0) is 56.2 Å². The summed E-state index contributed by atoms with van der Waals surface area (Å²) in [6.45, 7) is 12.6. The Morgan fingerprint density at radius 3 is 2.62 bits per heavy atom. The zero-order valence-corrected chi connectivity index (χ0v) is 14.2. The first-order valence-corrected chi connectivity index (χ1v) is 8.70. The lowest BCUT2D eigenvalue weighted by Crippen LogP contribution is -2.28. The third-order valence-electron chi connectivity index (χ3n) is 4.97. The Labute approximate surface area is 130 Å². The first-order chi connectivity index (χ1) is 10.1. The van der Waals surface area contributed by atoms with E-state index in [1.54, 1.807) is 0 Å². The minimum atomic E-state index is 0.426. The molecule has 1 N–H and O–H groups in total. The van der Waals surface area contributed by atoms with Crippen molar-refractivity contribution in [2.24, 2.45) is 11.8 Å². The van der Waals surface area contributed by atoms with Crippen molar-refractivity contribution >= 4 is 5.69 Å². The summed E-state index contributed by atoms with van der Waals surface area (Å²) in [6, 6.07) is 9.37. The van der Waals surface area contributed by atoms with E-state index in [0.29, 0.717) is 6.04 Å². The lowest BCUT2D eigenvalue weighted by molar-refractivity contribution is 0.351. The molecule has 2 atom stereocenters. The van der Waals surface area contributed by atoms with E-state index in [0.717, 1.165) is 18.4 Å². The van der Waals surface area contributed by atoms with Gasteiger partial charge in [-0.15, -0.1) is 0 Å². The molecule has 0 amide bonds. The second-order valence-corrected chi connectivity index (χ2v) is 6.76. The summed E-state index contributed by atoms with van der Waals surface area (Å²) in [5.41, 5.74) is 2.89. The molecule has 1 fully saturated rings. The van der Waals surface area contributed by atoms with Gasteiger partial charge in [0.1, 0.15) is 0 Å². The summed E-state index contributed by atoms with van der Waals surface area (Å²) in [5, 5.41) is 3.56. The summed E-state index contributed by atoms with van der Waals surface area (Å²) < 4.78 is 0. The molecule has 21 heavy (non-hydrogen) atoms. The molecule has 2 rings (SSSR count). The van der Waals surface area contributed by atoms with E-state index in [1.807, 2.05) is 0 Å². The van der Waals surface area contributed by atoms with Crippen molar-refractivity contribution in [2.75, 3.05) is 24.5 Å². The molecule has 0 spiro atoms. The van der Waals surface area contributed by atoms with Crippen molar-refractivity contribution in [3.8, 4) is 0 Å². The summed E-state index contributed by atoms with van der Waals surface area (Å²) in [4.78, 5) is 2.62. The molecule has 0 saturated carbocycles. The van der Waals surface area contributed by atoms with E-state index in [-0.39, 0.29) is 0 Å². The van der Waals surface area contributed by atoms with Gasteiger partial charge in [0.25, 0.3) is 0 Å². The molecule has 1 aliphatic rings. The molecule has 2 unspecified atom stereocenters. The monoisotopic (exact) mass is 288 g/mol. The van der Waals surface area contributed by atoms with Gasteiger partial charge in [-0.2, -0.15) is 0 Å². The number of benzene rings is 1. The lowest BCUT2D eigenvalue weighted by Gasteiger charge is -2.28. The van der Waals surface area contributed by atoms with Gasteiger partial charge < -0.3 is 10.2 Å². The Morgan fingerprint density at radius 2 is 1.90 bits per heavy atom. The second kappa shape index (κ2) is 7.84. The highest BCUT2D eigenvalue weighted by Crippen LogP contribution is 2.31. The first kappa shape index (κ1) is 16.4. The molecule has 2 nitrogen and oxygen atoms in total. The zero-order chi connectivity index (χ0) is 15.2. The number of nitrogens with one attached hydrogen (secondary N) is 1. The van der Waals surface area contributed by atoms with Crippen molar-refractivity contribution in [1.82, 2.24) is 5.32 Å². The standard InChI is InChI=1S/C19H32N2/c1-5-20-16(4)18-10-6-7-11-19(18)21-13-8-9-17(12-14-21)15(2)3/h6-7,10-11,15-17,20H,5,8-9,12-14H2,1-4H3. The van der Waals surface area contributed by atoms with Crippen LogP contribution in [0.1, 0.15) is 58.6 Å². The predicted molar refractivity (Wildman–Crippen MR) is 92.9 cm³/mol. The van der Waals surface area contributed by atoms with Crippen LogP contribution in [0.3, 0.4) is 0 Å². The third kappa shape index (κ3) is 4.23. The third-order valence-corrected chi connectivity index (χ3v) is 4.97. The van der Waals surface area contributed by atoms with E-state index in [1.165, 1.54) is 43.6 Å². The van der Waals surface area contributed by atoms with Crippen LogP contribution in [0.4, 0.5) is 5.69 Å². The number of hydrogen-bond donors (Lipinski definition) is 1. The number of anilines is 1. The fourth-order valence-electron chi connectivity index (χ4n) is 3.59. The average Bonchev–Trinajstić information content (AvgIpc) is 2.73. The van der Waals surface area contributed by atoms with Crippen LogP contribution in [0, 0.1) is 11.8 Å². The summed E-state index contributed by atoms with van der Waals surface area (Å²) >= 11 is 0. The second-order valence-electron chi connectivity index (χ2n) is 6.76. The zero-order valence-electron chi connectivity index (χ0n) is 14.2. The first-order valence-electron chi connectivity index (χ1n) is 8.70. The minimum absolute atomic E-state index is 0.426. The van der Waals surface area contributed by atoms with E-state index >= 15 is 0 Å². The molecule has 1 aliphatic heterocycles. The number of rotatable bonds is 5. The van der Waals surface area contributed by atoms with Gasteiger partial charge in [-0.3, -0.25) is 0 Å². The number of para-hydroxylation sites is 1. The molecule has 1 heterocycles. The van der Waals surface area contributed by atoms with Crippen molar-refractivity contribution in [3.05, 3.63) is 29.8 Å². The number of nitrogens with zero attached hydrogens (tertiary/aromatic N) is 1. The molecule has 0 radical (unpaired) electrons. The SMILES string of the molecule is CCNC(C)c1ccccc1N1CCCC(C(C)C)CC1. The van der Waals surface area contributed by atoms with Crippen molar-refractivity contribution in [3.63, 3.8) is 0 Å². The van der Waals surface area contributed by atoms with E-state index in [4.69, 9.17) is 0 Å². The fourth-order valence-corrected chi connectivity index (χ4v) is 3.59. The summed E-state index contributed by atoms with van der Waals surface area (Å²) in [6.07, 6.45) is 4.05. The van der Waals surface area contributed by atoms with E-state index in [9.17, 15) is 0 Å². The highest BCUT2D eigenvalue weighted by molar-refractivity contribution is 5.55. The highest BCUT2D eigenvalue weighted by Gasteiger charge is 2.21. The Hall–Kier alpha value is -1.02. The molecule has 0 aliphatic carbocycles. The Bertz CT molecular complexity index is 427. The molecular formula is C19H32N2. The van der Waals surface area contributed by atoms with Crippen molar-refractivity contribution in [1.29, 1.82) is 0 Å². The molecule has 118 valence electrons. The molecular weight excluding hydrogens is 256 g/mol. The van der Waals surface area contributed by atoms with Gasteiger partial charge in [0.05, 0.1) is 0 Å². The Balaban J connectivity index is 2.14. The van der Waals surface area contributed by atoms with Crippen LogP contribution in [-0.4, -0.2) is 19.6 Å². The molecule has 1 saturated heterocycles. The van der Waals surface area contributed by atoms with Crippen LogP contribution in [0.15, 0.2) is 24.3 Å².